The molecule has 0 bridgehead atoms. The van der Waals surface area contributed by atoms with Gasteiger partial charge in [-0.1, -0.05) is 0 Å². The van der Waals surface area contributed by atoms with Gasteiger partial charge in [0.15, 0.2) is 0 Å². The van der Waals surface area contributed by atoms with Gasteiger partial charge in [0, 0.05) is 18.9 Å². The molecule has 18 heavy (non-hydrogen) atoms. The highest BCUT2D eigenvalue weighted by molar-refractivity contribution is 5.85. The van der Waals surface area contributed by atoms with Gasteiger partial charge in [0.1, 0.15) is 0 Å². The lowest BCUT2D eigenvalue weighted by Gasteiger charge is -2.06. The summed E-state index contributed by atoms with van der Waals surface area (Å²) in [5.74, 6) is 0.866. The SMILES string of the molecule is Cl.Cl.O=C(CNCC1CC1)NCc1ccncc1. The maximum absolute atomic E-state index is 11.4. The Balaban J connectivity index is 0.00000144. The smallest absolute Gasteiger partial charge is 0.234 e. The maximum Gasteiger partial charge on any atom is 0.234 e. The number of amides is 1. The first-order valence-corrected chi connectivity index (χ1v) is 5.71. The molecule has 1 aliphatic rings. The summed E-state index contributed by atoms with van der Waals surface area (Å²) >= 11 is 0. The average Bonchev–Trinajstić information content (AvgIpc) is 3.12. The normalized spacial score (nSPS) is 13.1. The molecule has 1 heterocycles. The largest absolute Gasteiger partial charge is 0.351 e. The summed E-state index contributed by atoms with van der Waals surface area (Å²) in [5.41, 5.74) is 1.07. The van der Waals surface area contributed by atoms with E-state index in [9.17, 15) is 4.79 Å². The van der Waals surface area contributed by atoms with Crippen molar-refractivity contribution in [1.82, 2.24) is 15.6 Å². The fourth-order valence-electron chi connectivity index (χ4n) is 1.48. The van der Waals surface area contributed by atoms with E-state index < -0.39 is 0 Å². The van der Waals surface area contributed by atoms with Gasteiger partial charge >= 0.3 is 0 Å². The van der Waals surface area contributed by atoms with Crippen LogP contribution in [0, 0.1) is 5.92 Å². The van der Waals surface area contributed by atoms with E-state index in [0.29, 0.717) is 13.1 Å². The van der Waals surface area contributed by atoms with Crippen LogP contribution >= 0.6 is 24.8 Å². The van der Waals surface area contributed by atoms with Gasteiger partial charge < -0.3 is 10.6 Å². The maximum atomic E-state index is 11.4. The van der Waals surface area contributed by atoms with Crippen molar-refractivity contribution in [1.29, 1.82) is 0 Å². The minimum Gasteiger partial charge on any atom is -0.351 e. The number of nitrogens with one attached hydrogen (secondary N) is 2. The zero-order valence-electron chi connectivity index (χ0n) is 10.1. The van der Waals surface area contributed by atoms with Gasteiger partial charge in [-0.05, 0) is 43.0 Å². The van der Waals surface area contributed by atoms with Crippen molar-refractivity contribution in [3.8, 4) is 0 Å². The monoisotopic (exact) mass is 291 g/mol. The molecule has 2 rings (SSSR count). The van der Waals surface area contributed by atoms with E-state index in [1.165, 1.54) is 12.8 Å². The number of hydrogen-bond donors (Lipinski definition) is 2. The van der Waals surface area contributed by atoms with Crippen LogP contribution in [0.4, 0.5) is 0 Å². The first-order chi connectivity index (χ1) is 7.84. The summed E-state index contributed by atoms with van der Waals surface area (Å²) in [6.07, 6.45) is 6.08. The highest BCUT2D eigenvalue weighted by Gasteiger charge is 2.20. The van der Waals surface area contributed by atoms with Crippen molar-refractivity contribution in [3.05, 3.63) is 30.1 Å². The molecule has 1 amide bonds. The summed E-state index contributed by atoms with van der Waals surface area (Å²) in [6, 6.07) is 3.80. The second-order valence-electron chi connectivity index (χ2n) is 4.21. The average molecular weight is 292 g/mol. The van der Waals surface area contributed by atoms with Gasteiger partial charge in [0.05, 0.1) is 6.54 Å². The fourth-order valence-corrected chi connectivity index (χ4v) is 1.48. The van der Waals surface area contributed by atoms with E-state index in [1.54, 1.807) is 12.4 Å². The Morgan fingerprint density at radius 1 is 1.28 bits per heavy atom. The molecule has 0 atom stereocenters. The summed E-state index contributed by atoms with van der Waals surface area (Å²) in [5, 5.41) is 6.02. The molecule has 1 aromatic rings. The standard InChI is InChI=1S/C12H17N3O.2ClH/c16-12(9-14-7-10-1-2-10)15-8-11-3-5-13-6-4-11;;/h3-6,10,14H,1-2,7-9H2,(H,15,16);2*1H. The quantitative estimate of drug-likeness (QED) is 0.836. The van der Waals surface area contributed by atoms with Crippen molar-refractivity contribution < 1.29 is 4.79 Å². The third-order valence-electron chi connectivity index (χ3n) is 2.65. The Hall–Kier alpha value is -0.840. The number of nitrogens with zero attached hydrogens (tertiary/aromatic N) is 1. The third-order valence-corrected chi connectivity index (χ3v) is 2.65. The van der Waals surface area contributed by atoms with Gasteiger partial charge in [-0.2, -0.15) is 0 Å². The van der Waals surface area contributed by atoms with Gasteiger partial charge in [-0.3, -0.25) is 9.78 Å². The van der Waals surface area contributed by atoms with Crippen molar-refractivity contribution in [2.45, 2.75) is 19.4 Å². The highest BCUT2D eigenvalue weighted by Crippen LogP contribution is 2.27. The summed E-state index contributed by atoms with van der Waals surface area (Å²) < 4.78 is 0. The number of rotatable bonds is 6. The molecule has 0 aromatic carbocycles. The Morgan fingerprint density at radius 3 is 2.56 bits per heavy atom. The van der Waals surface area contributed by atoms with Crippen molar-refractivity contribution >= 4 is 30.7 Å². The van der Waals surface area contributed by atoms with Crippen LogP contribution in [0.3, 0.4) is 0 Å². The van der Waals surface area contributed by atoms with Crippen LogP contribution in [0.25, 0.3) is 0 Å². The molecular weight excluding hydrogens is 273 g/mol. The Morgan fingerprint density at radius 2 is 1.94 bits per heavy atom. The molecule has 0 unspecified atom stereocenters. The highest BCUT2D eigenvalue weighted by atomic mass is 35.5. The molecule has 1 fully saturated rings. The molecule has 0 saturated heterocycles. The number of halogens is 2. The molecule has 1 aliphatic carbocycles. The lowest BCUT2D eigenvalue weighted by molar-refractivity contribution is -0.120. The van der Waals surface area contributed by atoms with Gasteiger partial charge in [-0.25, -0.2) is 0 Å². The summed E-state index contributed by atoms with van der Waals surface area (Å²) in [4.78, 5) is 15.4. The predicted molar refractivity (Wildman–Crippen MR) is 76.2 cm³/mol. The zero-order chi connectivity index (χ0) is 11.2. The molecule has 4 nitrogen and oxygen atoms in total. The Bertz CT molecular complexity index is 344. The van der Waals surface area contributed by atoms with Crippen LogP contribution in [-0.4, -0.2) is 24.0 Å². The number of pyridine rings is 1. The van der Waals surface area contributed by atoms with Crippen molar-refractivity contribution in [2.24, 2.45) is 5.92 Å². The lowest BCUT2D eigenvalue weighted by atomic mass is 10.3. The predicted octanol–water partition coefficient (Wildman–Crippen LogP) is 1.54. The molecule has 0 radical (unpaired) electrons. The molecule has 1 aromatic heterocycles. The summed E-state index contributed by atoms with van der Waals surface area (Å²) in [7, 11) is 0. The second kappa shape index (κ2) is 9.14. The molecular formula is C12H19Cl2N3O. The van der Waals surface area contributed by atoms with E-state index in [4.69, 9.17) is 0 Å². The van der Waals surface area contributed by atoms with Gasteiger partial charge in [0.2, 0.25) is 5.91 Å². The zero-order valence-corrected chi connectivity index (χ0v) is 11.7. The second-order valence-corrected chi connectivity index (χ2v) is 4.21. The van der Waals surface area contributed by atoms with Crippen molar-refractivity contribution in [2.75, 3.05) is 13.1 Å². The molecule has 0 spiro atoms. The Kier molecular flexibility index (Phi) is 8.71. The number of carbonyl (C=O) groups is 1. The Labute approximate surface area is 120 Å². The minimum absolute atomic E-state index is 0. The first kappa shape index (κ1) is 17.2. The van der Waals surface area contributed by atoms with Crippen LogP contribution < -0.4 is 10.6 Å². The van der Waals surface area contributed by atoms with E-state index in [-0.39, 0.29) is 30.7 Å². The first-order valence-electron chi connectivity index (χ1n) is 5.71. The van der Waals surface area contributed by atoms with E-state index in [0.717, 1.165) is 18.0 Å². The molecule has 102 valence electrons. The lowest BCUT2D eigenvalue weighted by Crippen LogP contribution is -2.34. The topological polar surface area (TPSA) is 54.0 Å². The molecule has 0 aliphatic heterocycles. The van der Waals surface area contributed by atoms with E-state index in [1.807, 2.05) is 12.1 Å². The third kappa shape index (κ3) is 6.79. The van der Waals surface area contributed by atoms with E-state index >= 15 is 0 Å². The number of hydrogen-bond acceptors (Lipinski definition) is 3. The van der Waals surface area contributed by atoms with Crippen molar-refractivity contribution in [3.63, 3.8) is 0 Å². The van der Waals surface area contributed by atoms with Crippen LogP contribution in [0.5, 0.6) is 0 Å². The van der Waals surface area contributed by atoms with Crippen LogP contribution in [-0.2, 0) is 11.3 Å². The van der Waals surface area contributed by atoms with Crippen LogP contribution in [0.15, 0.2) is 24.5 Å². The van der Waals surface area contributed by atoms with Gasteiger partial charge in [0.25, 0.3) is 0 Å². The molecule has 1 saturated carbocycles. The van der Waals surface area contributed by atoms with Crippen LogP contribution in [0.2, 0.25) is 0 Å². The van der Waals surface area contributed by atoms with Gasteiger partial charge in [-0.15, -0.1) is 24.8 Å². The molecule has 6 heteroatoms. The summed E-state index contributed by atoms with van der Waals surface area (Å²) in [6.45, 7) is 1.97. The number of aromatic nitrogens is 1. The number of carbonyl (C=O) groups excluding carboxylic acids is 1. The fraction of sp³-hybridized carbons (Fsp3) is 0.500. The molecule has 2 N–H and O–H groups in total. The van der Waals surface area contributed by atoms with E-state index in [2.05, 4.69) is 15.6 Å². The van der Waals surface area contributed by atoms with Crippen LogP contribution in [0.1, 0.15) is 18.4 Å². The minimum atomic E-state index is 0.